The average Bonchev–Trinajstić information content (AvgIpc) is 3.19. The molecule has 3 aromatic carbocycles. The van der Waals surface area contributed by atoms with Crippen LogP contribution in [-0.2, 0) is 18.3 Å². The van der Waals surface area contributed by atoms with Crippen molar-refractivity contribution in [3.63, 3.8) is 0 Å². The number of aryl methyl sites for hydroxylation is 1. The van der Waals surface area contributed by atoms with Crippen LogP contribution >= 0.6 is 0 Å². The van der Waals surface area contributed by atoms with Gasteiger partial charge in [-0.25, -0.2) is 13.5 Å². The molecule has 0 amide bonds. The van der Waals surface area contributed by atoms with Crippen LogP contribution in [0.3, 0.4) is 0 Å². The van der Waals surface area contributed by atoms with E-state index in [1.165, 1.54) is 4.31 Å². The van der Waals surface area contributed by atoms with E-state index < -0.39 is 17.4 Å². The molecule has 0 radical (unpaired) electrons. The number of nitrogens with one attached hydrogen (secondary N) is 1. The topological polar surface area (TPSA) is 141 Å². The fraction of sp³-hybridized carbons (Fsp3) is 0.0800. The van der Waals surface area contributed by atoms with Crippen LogP contribution in [-0.4, -0.2) is 34.2 Å². The summed E-state index contributed by atoms with van der Waals surface area (Å²) in [6.45, 7) is 0. The van der Waals surface area contributed by atoms with Gasteiger partial charge in [0.1, 0.15) is 17.8 Å². The molecular weight excluding hydrogens is 464 g/mol. The Labute approximate surface area is 203 Å². The molecule has 0 spiro atoms. The predicted molar refractivity (Wildman–Crippen MR) is 137 cm³/mol. The van der Waals surface area contributed by atoms with E-state index >= 15 is 0 Å². The van der Waals surface area contributed by atoms with Crippen molar-refractivity contribution < 1.29 is 13.9 Å². The van der Waals surface area contributed by atoms with Gasteiger partial charge in [-0.05, 0) is 42.0 Å². The molecule has 10 heteroatoms. The summed E-state index contributed by atoms with van der Waals surface area (Å²) in [6.07, 6.45) is 0.585. The molecule has 0 fully saturated rings. The lowest BCUT2D eigenvalue weighted by molar-refractivity contribution is 0.207. The number of amidine groups is 1. The summed E-state index contributed by atoms with van der Waals surface area (Å²) >= 11 is -2.37. The van der Waals surface area contributed by atoms with Crippen molar-refractivity contribution in [2.45, 2.75) is 6.10 Å². The van der Waals surface area contributed by atoms with Crippen LogP contribution < -0.4 is 10.0 Å². The first-order valence-corrected chi connectivity index (χ1v) is 11.7. The molecule has 2 atom stereocenters. The highest BCUT2D eigenvalue weighted by Crippen LogP contribution is 2.34. The quantitative estimate of drug-likeness (QED) is 0.164. The van der Waals surface area contributed by atoms with E-state index in [1.54, 1.807) is 66.3 Å². The lowest BCUT2D eigenvalue weighted by Gasteiger charge is -2.21. The number of nitrogens with zero attached hydrogens (tertiary/aromatic N) is 4. The van der Waals surface area contributed by atoms with E-state index in [0.29, 0.717) is 39.4 Å². The van der Waals surface area contributed by atoms with Crippen molar-refractivity contribution in [1.29, 1.82) is 5.41 Å². The van der Waals surface area contributed by atoms with Crippen LogP contribution in [0, 0.1) is 5.41 Å². The maximum atomic E-state index is 12.4. The number of benzene rings is 3. The Morgan fingerprint density at radius 3 is 2.66 bits per heavy atom. The van der Waals surface area contributed by atoms with Gasteiger partial charge < -0.3 is 15.4 Å². The van der Waals surface area contributed by atoms with E-state index in [9.17, 15) is 13.9 Å². The first-order valence-electron chi connectivity index (χ1n) is 10.7. The molecule has 176 valence electrons. The van der Waals surface area contributed by atoms with E-state index in [2.05, 4.69) is 9.97 Å². The third-order valence-corrected chi connectivity index (χ3v) is 6.60. The van der Waals surface area contributed by atoms with Gasteiger partial charge in [-0.3, -0.25) is 14.9 Å². The van der Waals surface area contributed by atoms with Gasteiger partial charge in [-0.15, -0.1) is 0 Å². The van der Waals surface area contributed by atoms with E-state index in [1.807, 2.05) is 24.3 Å². The molecule has 2 aromatic heterocycles. The largest absolute Gasteiger partial charge is 0.384 e. The highest BCUT2D eigenvalue weighted by Gasteiger charge is 2.22. The molecule has 9 nitrogen and oxygen atoms in total. The second kappa shape index (κ2) is 8.91. The van der Waals surface area contributed by atoms with Crippen LogP contribution in [0.15, 0.2) is 79.0 Å². The van der Waals surface area contributed by atoms with E-state index in [0.717, 1.165) is 10.9 Å². The number of pyridine rings is 1. The zero-order chi connectivity index (χ0) is 24.7. The average molecular weight is 487 g/mol. The second-order valence-corrected chi connectivity index (χ2v) is 8.85. The Morgan fingerprint density at radius 1 is 1.11 bits per heavy atom. The lowest BCUT2D eigenvalue weighted by Crippen LogP contribution is -2.19. The van der Waals surface area contributed by atoms with Crippen molar-refractivity contribution in [3.8, 4) is 0 Å². The summed E-state index contributed by atoms with van der Waals surface area (Å²) in [5.74, 6) is 0.301. The van der Waals surface area contributed by atoms with Crippen LogP contribution in [0.4, 0.5) is 11.4 Å². The third-order valence-electron chi connectivity index (χ3n) is 5.88. The van der Waals surface area contributed by atoms with E-state index in [4.69, 9.17) is 11.1 Å². The number of aromatic nitrogens is 3. The molecule has 35 heavy (non-hydrogen) atoms. The monoisotopic (exact) mass is 486 g/mol. The summed E-state index contributed by atoms with van der Waals surface area (Å²) in [4.78, 5) is 9.03. The van der Waals surface area contributed by atoms with Gasteiger partial charge in [0.05, 0.1) is 27.9 Å². The van der Waals surface area contributed by atoms with Crippen molar-refractivity contribution in [3.05, 3.63) is 95.9 Å². The van der Waals surface area contributed by atoms with Crippen LogP contribution in [0.1, 0.15) is 23.1 Å². The second-order valence-electron chi connectivity index (χ2n) is 8.02. The minimum absolute atomic E-state index is 0.0892. The van der Waals surface area contributed by atoms with Crippen molar-refractivity contribution >= 4 is 50.4 Å². The fourth-order valence-corrected chi connectivity index (χ4v) is 4.78. The molecule has 2 heterocycles. The number of aliphatic hydroxyl groups is 1. The molecule has 5 aromatic rings. The molecule has 0 saturated carbocycles. The first kappa shape index (κ1) is 22.7. The number of fused-ring (bicyclic) bond motifs is 2. The minimum atomic E-state index is -2.37. The molecule has 5 N–H and O–H groups in total. The van der Waals surface area contributed by atoms with Crippen LogP contribution in [0.5, 0.6) is 0 Å². The van der Waals surface area contributed by atoms with Gasteiger partial charge >= 0.3 is 0 Å². The summed E-state index contributed by atoms with van der Waals surface area (Å²) in [5, 5.41) is 19.5. The Balaban J connectivity index is 1.60. The molecule has 0 saturated heterocycles. The first-order chi connectivity index (χ1) is 16.8. The number of nitrogens with two attached hydrogens (primary N) is 1. The summed E-state index contributed by atoms with van der Waals surface area (Å²) < 4.78 is 25.7. The Kier molecular flexibility index (Phi) is 5.77. The summed E-state index contributed by atoms with van der Waals surface area (Å²) in [6, 6.07) is 21.2. The number of hydrogen-bond donors (Lipinski definition) is 4. The van der Waals surface area contributed by atoms with Gasteiger partial charge in [0.2, 0.25) is 0 Å². The zero-order valence-electron chi connectivity index (χ0n) is 18.7. The smallest absolute Gasteiger partial charge is 0.266 e. The minimum Gasteiger partial charge on any atom is -0.384 e. The lowest BCUT2D eigenvalue weighted by atomic mass is 10.0. The Morgan fingerprint density at radius 2 is 1.89 bits per heavy atom. The van der Waals surface area contributed by atoms with Crippen molar-refractivity contribution in [2.75, 3.05) is 4.31 Å². The van der Waals surface area contributed by atoms with Crippen molar-refractivity contribution in [1.82, 2.24) is 14.5 Å². The number of hydrogen-bond acceptors (Lipinski definition) is 5. The molecule has 2 unspecified atom stereocenters. The predicted octanol–water partition coefficient (Wildman–Crippen LogP) is 3.76. The highest BCUT2D eigenvalue weighted by atomic mass is 32.2. The maximum absolute atomic E-state index is 12.4. The molecule has 0 aliphatic carbocycles. The zero-order valence-corrected chi connectivity index (χ0v) is 19.5. The number of imidazole rings is 1. The number of nitrogen functional groups attached to an aromatic ring is 1. The summed E-state index contributed by atoms with van der Waals surface area (Å²) in [7, 11) is 1.79. The molecular formula is C25H22N6O3S. The van der Waals surface area contributed by atoms with Gasteiger partial charge in [-0.2, -0.15) is 0 Å². The number of rotatable bonds is 6. The normalized spacial score (nSPS) is 13.1. The number of aliphatic hydroxyl groups excluding tert-OH is 1. The van der Waals surface area contributed by atoms with Gasteiger partial charge in [-0.1, -0.05) is 36.4 Å². The van der Waals surface area contributed by atoms with Gasteiger partial charge in [0.25, 0.3) is 11.3 Å². The summed E-state index contributed by atoms with van der Waals surface area (Å²) in [5.41, 5.74) is 9.47. The van der Waals surface area contributed by atoms with E-state index in [-0.39, 0.29) is 5.84 Å². The molecule has 0 aliphatic rings. The number of para-hydroxylation sites is 1. The Bertz CT molecular complexity index is 1610. The van der Waals surface area contributed by atoms with Crippen LogP contribution in [0.2, 0.25) is 0 Å². The molecule has 0 bridgehead atoms. The third kappa shape index (κ3) is 4.03. The SMILES string of the molecule is Cn1c(C(O)c2cccc(C(=N)N)c2)nc2cc(N(c3cccc4cccnc34)S(=O)O)ccc21. The highest BCUT2D eigenvalue weighted by molar-refractivity contribution is 7.81. The molecule has 0 aliphatic heterocycles. The van der Waals surface area contributed by atoms with Gasteiger partial charge in [0, 0.05) is 24.2 Å². The van der Waals surface area contributed by atoms with Crippen LogP contribution in [0.25, 0.3) is 21.9 Å². The molecule has 5 rings (SSSR count). The van der Waals surface area contributed by atoms with Gasteiger partial charge in [0.15, 0.2) is 0 Å². The fourth-order valence-electron chi connectivity index (χ4n) is 4.17. The Hall–Kier alpha value is -4.12. The van der Waals surface area contributed by atoms with Crippen molar-refractivity contribution in [2.24, 2.45) is 12.8 Å². The maximum Gasteiger partial charge on any atom is 0.266 e. The number of anilines is 2. The standard InChI is InChI=1S/C25H22N6O3S/c1-30-20-11-10-18(31(35(33)34)21-9-3-5-15-8-4-12-28-22(15)21)14-19(20)29-25(30)23(32)16-6-2-7-17(13-16)24(26)27/h2-14,23,32H,1H3,(H3,26,27)(H,33,34).